The van der Waals surface area contributed by atoms with E-state index in [2.05, 4.69) is 0 Å². The maximum Gasteiger partial charge on any atom is 0.305 e. The van der Waals surface area contributed by atoms with Crippen LogP contribution in [0.1, 0.15) is 12.0 Å². The van der Waals surface area contributed by atoms with E-state index in [0.717, 1.165) is 16.3 Å². The highest BCUT2D eigenvalue weighted by molar-refractivity contribution is 6.08. The minimum absolute atomic E-state index is 0.0616. The number of carbonyl (C=O) groups is 1. The van der Waals surface area contributed by atoms with Crippen molar-refractivity contribution in [3.8, 4) is 0 Å². The van der Waals surface area contributed by atoms with Crippen LogP contribution >= 0.6 is 0 Å². The standard InChI is InChI=1S/C21H16O4/c1-24-18(22)12-10-14-6-4-8-16-19(14)21(23)20-15-7-3-2-5-13(15)9-11-17(20)25-16/h2-9,11H,10,12H2,1H3. The van der Waals surface area contributed by atoms with Crippen LogP contribution in [0, 0.1) is 0 Å². The van der Waals surface area contributed by atoms with E-state index in [9.17, 15) is 9.59 Å². The molecule has 0 spiro atoms. The van der Waals surface area contributed by atoms with Crippen molar-refractivity contribution in [1.29, 1.82) is 0 Å². The van der Waals surface area contributed by atoms with Gasteiger partial charge in [-0.3, -0.25) is 9.59 Å². The first-order valence-electron chi connectivity index (χ1n) is 8.12. The Labute approximate surface area is 143 Å². The number of fused-ring (bicyclic) bond motifs is 4. The Morgan fingerprint density at radius 1 is 0.960 bits per heavy atom. The Balaban J connectivity index is 2.03. The third-order valence-electron chi connectivity index (χ3n) is 4.50. The third-order valence-corrected chi connectivity index (χ3v) is 4.50. The maximum absolute atomic E-state index is 13.3. The summed E-state index contributed by atoms with van der Waals surface area (Å²) in [6.07, 6.45) is 0.660. The highest BCUT2D eigenvalue weighted by Crippen LogP contribution is 2.27. The highest BCUT2D eigenvalue weighted by Gasteiger charge is 2.14. The molecule has 0 aliphatic rings. The zero-order valence-electron chi connectivity index (χ0n) is 13.7. The lowest BCUT2D eigenvalue weighted by Crippen LogP contribution is -2.08. The summed E-state index contributed by atoms with van der Waals surface area (Å²) in [5.41, 5.74) is 1.84. The van der Waals surface area contributed by atoms with Crippen molar-refractivity contribution in [1.82, 2.24) is 0 Å². The van der Waals surface area contributed by atoms with Crippen LogP contribution in [0.25, 0.3) is 32.7 Å². The van der Waals surface area contributed by atoms with Crippen LogP contribution in [0.3, 0.4) is 0 Å². The van der Waals surface area contributed by atoms with Crippen LogP contribution in [-0.2, 0) is 16.0 Å². The second kappa shape index (κ2) is 6.06. The topological polar surface area (TPSA) is 56.5 Å². The predicted octanol–water partition coefficient (Wildman–Crippen LogP) is 4.21. The van der Waals surface area contributed by atoms with Crippen molar-refractivity contribution in [3.05, 3.63) is 70.4 Å². The Hall–Kier alpha value is -3.14. The van der Waals surface area contributed by atoms with Gasteiger partial charge in [0.1, 0.15) is 11.2 Å². The van der Waals surface area contributed by atoms with E-state index >= 15 is 0 Å². The van der Waals surface area contributed by atoms with Gasteiger partial charge in [-0.25, -0.2) is 0 Å². The van der Waals surface area contributed by atoms with Gasteiger partial charge in [0.2, 0.25) is 5.43 Å². The summed E-state index contributed by atoms with van der Waals surface area (Å²) in [5.74, 6) is -0.298. The Kier molecular flexibility index (Phi) is 3.73. The van der Waals surface area contributed by atoms with Crippen molar-refractivity contribution in [2.45, 2.75) is 12.8 Å². The molecule has 0 N–H and O–H groups in total. The summed E-state index contributed by atoms with van der Waals surface area (Å²) in [7, 11) is 1.36. The average molecular weight is 332 g/mol. The molecule has 0 fully saturated rings. The second-order valence-electron chi connectivity index (χ2n) is 5.96. The molecule has 0 aliphatic carbocycles. The van der Waals surface area contributed by atoms with Gasteiger partial charge in [-0.1, -0.05) is 42.5 Å². The molecular formula is C21H16O4. The molecule has 4 nitrogen and oxygen atoms in total. The van der Waals surface area contributed by atoms with Gasteiger partial charge in [-0.2, -0.15) is 0 Å². The van der Waals surface area contributed by atoms with Crippen LogP contribution in [0.15, 0.2) is 63.8 Å². The molecule has 3 aromatic carbocycles. The van der Waals surface area contributed by atoms with Gasteiger partial charge in [-0.05, 0) is 34.9 Å². The van der Waals surface area contributed by atoms with Gasteiger partial charge in [0.05, 0.1) is 17.9 Å². The first-order valence-corrected chi connectivity index (χ1v) is 8.12. The highest BCUT2D eigenvalue weighted by atomic mass is 16.5. The molecule has 0 atom stereocenters. The molecule has 0 bridgehead atoms. The summed E-state index contributed by atoms with van der Waals surface area (Å²) in [4.78, 5) is 24.7. The molecule has 0 amide bonds. The second-order valence-corrected chi connectivity index (χ2v) is 5.96. The number of hydrogen-bond donors (Lipinski definition) is 0. The fourth-order valence-corrected chi connectivity index (χ4v) is 3.28. The van der Waals surface area contributed by atoms with Gasteiger partial charge in [0.25, 0.3) is 0 Å². The monoisotopic (exact) mass is 332 g/mol. The Morgan fingerprint density at radius 3 is 2.60 bits per heavy atom. The number of aryl methyl sites for hydroxylation is 1. The molecule has 0 aliphatic heterocycles. The molecule has 4 rings (SSSR count). The van der Waals surface area contributed by atoms with E-state index in [4.69, 9.17) is 9.15 Å². The average Bonchev–Trinajstić information content (AvgIpc) is 2.65. The molecular weight excluding hydrogens is 316 g/mol. The molecule has 0 saturated carbocycles. The van der Waals surface area contributed by atoms with E-state index in [1.807, 2.05) is 48.5 Å². The molecule has 0 unspecified atom stereocenters. The van der Waals surface area contributed by atoms with Crippen molar-refractivity contribution < 1.29 is 13.9 Å². The summed E-state index contributed by atoms with van der Waals surface area (Å²) in [5, 5.41) is 2.98. The largest absolute Gasteiger partial charge is 0.469 e. The number of ether oxygens (including phenoxy) is 1. The predicted molar refractivity (Wildman–Crippen MR) is 97.8 cm³/mol. The summed E-state index contributed by atoms with van der Waals surface area (Å²) < 4.78 is 10.7. The smallest absolute Gasteiger partial charge is 0.305 e. The number of methoxy groups -OCH3 is 1. The van der Waals surface area contributed by atoms with Gasteiger partial charge in [0, 0.05) is 6.42 Å². The fourth-order valence-electron chi connectivity index (χ4n) is 3.28. The summed E-state index contributed by atoms with van der Waals surface area (Å²) in [6.45, 7) is 0. The zero-order chi connectivity index (χ0) is 17.4. The van der Waals surface area contributed by atoms with E-state index in [0.29, 0.717) is 28.4 Å². The van der Waals surface area contributed by atoms with Crippen molar-refractivity contribution in [2.75, 3.05) is 7.11 Å². The molecule has 124 valence electrons. The zero-order valence-corrected chi connectivity index (χ0v) is 13.7. The lowest BCUT2D eigenvalue weighted by molar-refractivity contribution is -0.140. The molecule has 0 saturated heterocycles. The number of hydrogen-bond acceptors (Lipinski definition) is 4. The SMILES string of the molecule is COC(=O)CCc1cccc2oc3ccc4ccccc4c3c(=O)c12. The molecule has 1 aromatic heterocycles. The van der Waals surface area contributed by atoms with E-state index in [1.165, 1.54) is 7.11 Å². The van der Waals surface area contributed by atoms with Crippen LogP contribution in [0.4, 0.5) is 0 Å². The normalized spacial score (nSPS) is 11.2. The molecule has 4 heteroatoms. The van der Waals surface area contributed by atoms with E-state index < -0.39 is 0 Å². The number of rotatable bonds is 3. The molecule has 1 heterocycles. The number of carbonyl (C=O) groups excluding carboxylic acids is 1. The van der Waals surface area contributed by atoms with Gasteiger partial charge >= 0.3 is 5.97 Å². The van der Waals surface area contributed by atoms with Crippen molar-refractivity contribution in [3.63, 3.8) is 0 Å². The third kappa shape index (κ3) is 2.56. The number of esters is 1. The summed E-state index contributed by atoms with van der Waals surface area (Å²) >= 11 is 0. The van der Waals surface area contributed by atoms with Crippen molar-refractivity contribution in [2.24, 2.45) is 0 Å². The summed E-state index contributed by atoms with van der Waals surface area (Å²) in [6, 6.07) is 17.0. The molecule has 4 aromatic rings. The minimum atomic E-state index is -0.298. The maximum atomic E-state index is 13.3. The van der Waals surface area contributed by atoms with Crippen LogP contribution in [-0.4, -0.2) is 13.1 Å². The first kappa shape index (κ1) is 15.4. The minimum Gasteiger partial charge on any atom is -0.469 e. The first-order chi connectivity index (χ1) is 12.2. The van der Waals surface area contributed by atoms with Gasteiger partial charge in [-0.15, -0.1) is 0 Å². The quantitative estimate of drug-likeness (QED) is 0.320. The Morgan fingerprint density at radius 2 is 1.76 bits per heavy atom. The molecule has 25 heavy (non-hydrogen) atoms. The van der Waals surface area contributed by atoms with Crippen LogP contribution in [0.2, 0.25) is 0 Å². The fraction of sp³-hybridized carbons (Fsp3) is 0.143. The van der Waals surface area contributed by atoms with E-state index in [-0.39, 0.29) is 17.8 Å². The van der Waals surface area contributed by atoms with Gasteiger partial charge in [0.15, 0.2) is 0 Å². The lowest BCUT2D eigenvalue weighted by atomic mass is 10.00. The van der Waals surface area contributed by atoms with Crippen molar-refractivity contribution >= 4 is 38.7 Å². The van der Waals surface area contributed by atoms with E-state index in [1.54, 1.807) is 6.07 Å². The number of benzene rings is 3. The van der Waals surface area contributed by atoms with Gasteiger partial charge < -0.3 is 9.15 Å². The Bertz CT molecular complexity index is 1170. The van der Waals surface area contributed by atoms with Crippen LogP contribution < -0.4 is 5.43 Å². The lowest BCUT2D eigenvalue weighted by Gasteiger charge is -2.08. The van der Waals surface area contributed by atoms with Crippen LogP contribution in [0.5, 0.6) is 0 Å². The molecule has 0 radical (unpaired) electrons.